The molecule has 2 N–H and O–H groups in total. The quantitative estimate of drug-likeness (QED) is 0.238. The molecule has 0 aliphatic rings. The van der Waals surface area contributed by atoms with Crippen LogP contribution in [0, 0.1) is 0 Å². The molecule has 0 aliphatic heterocycles. The molecule has 0 amide bonds. The average Bonchev–Trinajstić information content (AvgIpc) is 3.13. The van der Waals surface area contributed by atoms with Crippen LogP contribution in [0.15, 0.2) is 45.9 Å². The Morgan fingerprint density at radius 3 is 2.65 bits per heavy atom. The number of halogens is 1. The standard InChI is InChI=1S/C19H28N4O2.HI/c1-3-4-12-24-13-8-11-21-19(20-2)22-15-17-14-18(25-23-17)16-9-6-5-7-10-16;/h5-7,9-10,14H,3-4,8,11-13,15H2,1-2H3,(H2,20,21,22);1H. The first-order valence-electron chi connectivity index (χ1n) is 8.86. The van der Waals surface area contributed by atoms with Crippen LogP contribution in [-0.2, 0) is 11.3 Å². The molecule has 144 valence electrons. The van der Waals surface area contributed by atoms with Gasteiger partial charge in [-0.25, -0.2) is 0 Å². The van der Waals surface area contributed by atoms with E-state index in [4.69, 9.17) is 9.26 Å². The van der Waals surface area contributed by atoms with Crippen molar-refractivity contribution in [2.75, 3.05) is 26.8 Å². The molecule has 1 heterocycles. The van der Waals surface area contributed by atoms with E-state index >= 15 is 0 Å². The third kappa shape index (κ3) is 8.18. The Morgan fingerprint density at radius 2 is 1.92 bits per heavy atom. The Bertz CT molecular complexity index is 631. The third-order valence-electron chi connectivity index (χ3n) is 3.68. The molecule has 0 saturated carbocycles. The molecule has 2 rings (SSSR count). The van der Waals surface area contributed by atoms with Crippen LogP contribution in [0.2, 0.25) is 0 Å². The lowest BCUT2D eigenvalue weighted by Gasteiger charge is -2.10. The minimum Gasteiger partial charge on any atom is -0.381 e. The summed E-state index contributed by atoms with van der Waals surface area (Å²) in [5.41, 5.74) is 1.86. The molecule has 0 fully saturated rings. The zero-order chi connectivity index (χ0) is 17.7. The molecule has 0 bridgehead atoms. The van der Waals surface area contributed by atoms with Gasteiger partial charge in [0, 0.05) is 38.4 Å². The van der Waals surface area contributed by atoms with Crippen LogP contribution in [0.5, 0.6) is 0 Å². The summed E-state index contributed by atoms with van der Waals surface area (Å²) in [6.45, 7) is 5.16. The first kappa shape index (κ1) is 22.4. The monoisotopic (exact) mass is 472 g/mol. The number of nitrogens with one attached hydrogen (secondary N) is 2. The van der Waals surface area contributed by atoms with Gasteiger partial charge >= 0.3 is 0 Å². The summed E-state index contributed by atoms with van der Waals surface area (Å²) >= 11 is 0. The highest BCUT2D eigenvalue weighted by molar-refractivity contribution is 14.0. The lowest BCUT2D eigenvalue weighted by molar-refractivity contribution is 0.129. The minimum absolute atomic E-state index is 0. The number of rotatable bonds is 10. The van der Waals surface area contributed by atoms with Gasteiger partial charge in [0.05, 0.1) is 6.54 Å². The van der Waals surface area contributed by atoms with E-state index in [1.54, 1.807) is 7.05 Å². The van der Waals surface area contributed by atoms with E-state index in [9.17, 15) is 0 Å². The molecule has 1 aromatic carbocycles. The second-order valence-electron chi connectivity index (χ2n) is 5.72. The van der Waals surface area contributed by atoms with E-state index in [2.05, 4.69) is 27.7 Å². The van der Waals surface area contributed by atoms with Gasteiger partial charge in [-0.2, -0.15) is 0 Å². The SMILES string of the molecule is CCCCOCCCNC(=NC)NCc1cc(-c2ccccc2)on1.I. The van der Waals surface area contributed by atoms with Crippen LogP contribution in [0.4, 0.5) is 0 Å². The number of unbranched alkanes of at least 4 members (excludes halogenated alkanes) is 1. The lowest BCUT2D eigenvalue weighted by atomic mass is 10.2. The Morgan fingerprint density at radius 1 is 1.15 bits per heavy atom. The van der Waals surface area contributed by atoms with Crippen molar-refractivity contribution < 1.29 is 9.26 Å². The van der Waals surface area contributed by atoms with Gasteiger partial charge in [0.2, 0.25) is 0 Å². The zero-order valence-electron chi connectivity index (χ0n) is 15.5. The first-order chi connectivity index (χ1) is 12.3. The highest BCUT2D eigenvalue weighted by Crippen LogP contribution is 2.19. The van der Waals surface area contributed by atoms with E-state index in [0.717, 1.165) is 55.6 Å². The predicted octanol–water partition coefficient (Wildman–Crippen LogP) is 3.83. The smallest absolute Gasteiger partial charge is 0.191 e. The molecular formula is C19H29IN4O2. The number of ether oxygens (including phenoxy) is 1. The highest BCUT2D eigenvalue weighted by atomic mass is 127. The van der Waals surface area contributed by atoms with Crippen LogP contribution in [-0.4, -0.2) is 37.9 Å². The van der Waals surface area contributed by atoms with Crippen LogP contribution in [0.1, 0.15) is 31.9 Å². The van der Waals surface area contributed by atoms with Gasteiger partial charge in [-0.3, -0.25) is 4.99 Å². The second kappa shape index (κ2) is 13.6. The summed E-state index contributed by atoms with van der Waals surface area (Å²) in [4.78, 5) is 4.21. The number of aromatic nitrogens is 1. The highest BCUT2D eigenvalue weighted by Gasteiger charge is 2.07. The van der Waals surface area contributed by atoms with Crippen molar-refractivity contribution in [1.82, 2.24) is 15.8 Å². The van der Waals surface area contributed by atoms with Gasteiger partial charge < -0.3 is 19.9 Å². The van der Waals surface area contributed by atoms with Crippen molar-refractivity contribution >= 4 is 29.9 Å². The molecule has 0 atom stereocenters. The van der Waals surface area contributed by atoms with Crippen molar-refractivity contribution in [1.29, 1.82) is 0 Å². The predicted molar refractivity (Wildman–Crippen MR) is 116 cm³/mol. The minimum atomic E-state index is 0. The first-order valence-corrected chi connectivity index (χ1v) is 8.86. The van der Waals surface area contributed by atoms with Crippen LogP contribution < -0.4 is 10.6 Å². The van der Waals surface area contributed by atoms with Gasteiger partial charge in [-0.05, 0) is 12.8 Å². The van der Waals surface area contributed by atoms with Gasteiger partial charge in [-0.1, -0.05) is 48.8 Å². The number of nitrogens with zero attached hydrogens (tertiary/aromatic N) is 2. The Kier molecular flexibility index (Phi) is 11.7. The Labute approximate surface area is 172 Å². The topological polar surface area (TPSA) is 71.7 Å². The summed E-state index contributed by atoms with van der Waals surface area (Å²) in [5.74, 6) is 1.52. The molecule has 2 aromatic rings. The molecule has 1 aromatic heterocycles. The van der Waals surface area contributed by atoms with Crippen LogP contribution in [0.25, 0.3) is 11.3 Å². The molecule has 0 radical (unpaired) electrons. The van der Waals surface area contributed by atoms with Crippen LogP contribution >= 0.6 is 24.0 Å². The van der Waals surface area contributed by atoms with E-state index in [-0.39, 0.29) is 24.0 Å². The van der Waals surface area contributed by atoms with Gasteiger partial charge in [0.25, 0.3) is 0 Å². The summed E-state index contributed by atoms with van der Waals surface area (Å²) in [6.07, 6.45) is 3.24. The summed E-state index contributed by atoms with van der Waals surface area (Å²) < 4.78 is 10.9. The zero-order valence-corrected chi connectivity index (χ0v) is 17.9. The van der Waals surface area contributed by atoms with Crippen molar-refractivity contribution in [3.05, 3.63) is 42.1 Å². The lowest BCUT2D eigenvalue weighted by Crippen LogP contribution is -2.37. The van der Waals surface area contributed by atoms with E-state index in [0.29, 0.717) is 6.54 Å². The summed E-state index contributed by atoms with van der Waals surface area (Å²) in [6, 6.07) is 11.9. The Hall–Kier alpha value is -1.61. The number of benzene rings is 1. The van der Waals surface area contributed by atoms with Gasteiger partial charge in [-0.15, -0.1) is 24.0 Å². The molecule has 6 nitrogen and oxygen atoms in total. The molecule has 0 saturated heterocycles. The molecule has 7 heteroatoms. The largest absolute Gasteiger partial charge is 0.381 e. The van der Waals surface area contributed by atoms with E-state index < -0.39 is 0 Å². The molecule has 0 unspecified atom stereocenters. The molecule has 26 heavy (non-hydrogen) atoms. The fraction of sp³-hybridized carbons (Fsp3) is 0.474. The molecule has 0 spiro atoms. The fourth-order valence-corrected chi connectivity index (χ4v) is 2.26. The van der Waals surface area contributed by atoms with Gasteiger partial charge in [0.1, 0.15) is 5.69 Å². The van der Waals surface area contributed by atoms with Crippen molar-refractivity contribution in [3.63, 3.8) is 0 Å². The maximum atomic E-state index is 5.54. The van der Waals surface area contributed by atoms with Crippen molar-refractivity contribution in [2.24, 2.45) is 4.99 Å². The fourth-order valence-electron chi connectivity index (χ4n) is 2.26. The molecular weight excluding hydrogens is 443 g/mol. The van der Waals surface area contributed by atoms with Crippen molar-refractivity contribution in [3.8, 4) is 11.3 Å². The van der Waals surface area contributed by atoms with Crippen LogP contribution in [0.3, 0.4) is 0 Å². The van der Waals surface area contributed by atoms with E-state index in [1.807, 2.05) is 36.4 Å². The average molecular weight is 472 g/mol. The number of hydrogen-bond donors (Lipinski definition) is 2. The van der Waals surface area contributed by atoms with Crippen molar-refractivity contribution in [2.45, 2.75) is 32.7 Å². The maximum absolute atomic E-state index is 5.54. The van der Waals surface area contributed by atoms with Gasteiger partial charge in [0.15, 0.2) is 11.7 Å². The number of aliphatic imine (C=N–C) groups is 1. The number of guanidine groups is 1. The summed E-state index contributed by atoms with van der Waals surface area (Å²) in [7, 11) is 1.76. The number of hydrogen-bond acceptors (Lipinski definition) is 4. The summed E-state index contributed by atoms with van der Waals surface area (Å²) in [5, 5.41) is 10.6. The third-order valence-corrected chi connectivity index (χ3v) is 3.68. The normalized spacial score (nSPS) is 11.1. The second-order valence-corrected chi connectivity index (χ2v) is 5.72. The Balaban J connectivity index is 0.00000338. The maximum Gasteiger partial charge on any atom is 0.191 e. The molecule has 0 aliphatic carbocycles. The van der Waals surface area contributed by atoms with E-state index in [1.165, 1.54) is 6.42 Å².